The van der Waals surface area contributed by atoms with Gasteiger partial charge in [-0.15, -0.1) is 0 Å². The van der Waals surface area contributed by atoms with E-state index in [1.807, 2.05) is 20.8 Å². The van der Waals surface area contributed by atoms with Crippen molar-refractivity contribution >= 4 is 11.8 Å². The Kier molecular flexibility index (Phi) is 5.59. The molecular weight excluding hydrogens is 232 g/mol. The number of amides is 2. The van der Waals surface area contributed by atoms with E-state index in [0.717, 1.165) is 0 Å². The topological polar surface area (TPSA) is 58.6 Å². The highest BCUT2D eigenvalue weighted by Crippen LogP contribution is 2.17. The highest BCUT2D eigenvalue weighted by molar-refractivity contribution is 5.96. The molecule has 0 aromatic rings. The second kappa shape index (κ2) is 6.73. The quantitative estimate of drug-likeness (QED) is 0.764. The molecule has 0 radical (unpaired) electrons. The minimum absolute atomic E-state index is 0.0206. The number of nitrogens with one attached hydrogen (secondary N) is 1. The van der Waals surface area contributed by atoms with E-state index in [1.54, 1.807) is 12.0 Å². The summed E-state index contributed by atoms with van der Waals surface area (Å²) >= 11 is 0. The first-order chi connectivity index (χ1) is 8.51. The molecule has 5 nitrogen and oxygen atoms in total. The SMILES string of the molecule is CCC1C(=O)NC(CC(C)C)C(=O)N1CCOC. The van der Waals surface area contributed by atoms with Crippen LogP contribution >= 0.6 is 0 Å². The van der Waals surface area contributed by atoms with Crippen molar-refractivity contribution in [3.8, 4) is 0 Å². The van der Waals surface area contributed by atoms with Crippen molar-refractivity contribution in [2.45, 2.75) is 45.7 Å². The lowest BCUT2D eigenvalue weighted by molar-refractivity contribution is -0.150. The second-order valence-corrected chi connectivity index (χ2v) is 5.14. The number of piperazine rings is 1. The van der Waals surface area contributed by atoms with Crippen molar-refractivity contribution in [1.29, 1.82) is 0 Å². The summed E-state index contributed by atoms with van der Waals surface area (Å²) < 4.78 is 5.01. The van der Waals surface area contributed by atoms with Crippen LogP contribution in [0.1, 0.15) is 33.6 Å². The Morgan fingerprint density at radius 3 is 2.56 bits per heavy atom. The van der Waals surface area contributed by atoms with Gasteiger partial charge in [0.25, 0.3) is 0 Å². The van der Waals surface area contributed by atoms with Gasteiger partial charge in [-0.1, -0.05) is 20.8 Å². The summed E-state index contributed by atoms with van der Waals surface area (Å²) in [5, 5.41) is 2.83. The first-order valence-electron chi connectivity index (χ1n) is 6.61. The molecular formula is C13H24N2O3. The maximum atomic E-state index is 12.3. The molecule has 1 aliphatic rings. The predicted molar refractivity (Wildman–Crippen MR) is 69.1 cm³/mol. The number of methoxy groups -OCH3 is 1. The molecule has 0 spiro atoms. The van der Waals surface area contributed by atoms with E-state index in [9.17, 15) is 9.59 Å². The van der Waals surface area contributed by atoms with Gasteiger partial charge in [0, 0.05) is 13.7 Å². The molecule has 1 rings (SSSR count). The van der Waals surface area contributed by atoms with E-state index in [4.69, 9.17) is 4.74 Å². The summed E-state index contributed by atoms with van der Waals surface area (Å²) in [6.45, 7) is 6.95. The lowest BCUT2D eigenvalue weighted by Gasteiger charge is -2.39. The molecule has 0 bridgehead atoms. The van der Waals surface area contributed by atoms with Gasteiger partial charge in [0.05, 0.1) is 6.61 Å². The normalized spacial score (nSPS) is 24.6. The number of nitrogens with zero attached hydrogens (tertiary/aromatic N) is 1. The van der Waals surface area contributed by atoms with Crippen LogP contribution in [-0.2, 0) is 14.3 Å². The molecule has 1 saturated heterocycles. The third-order valence-electron chi connectivity index (χ3n) is 3.21. The van der Waals surface area contributed by atoms with Crippen LogP contribution in [0.5, 0.6) is 0 Å². The zero-order chi connectivity index (χ0) is 13.7. The van der Waals surface area contributed by atoms with Gasteiger partial charge < -0.3 is 15.0 Å². The molecule has 1 heterocycles. The number of carbonyl (C=O) groups is 2. The summed E-state index contributed by atoms with van der Waals surface area (Å²) in [5.74, 6) is 0.354. The number of hydrogen-bond acceptors (Lipinski definition) is 3. The van der Waals surface area contributed by atoms with Crippen LogP contribution < -0.4 is 5.32 Å². The van der Waals surface area contributed by atoms with Crippen LogP contribution in [-0.4, -0.2) is 49.1 Å². The lowest BCUT2D eigenvalue weighted by atomic mass is 9.98. The first-order valence-corrected chi connectivity index (χ1v) is 6.61. The Morgan fingerprint density at radius 1 is 1.39 bits per heavy atom. The Balaban J connectivity index is 2.79. The zero-order valence-electron chi connectivity index (χ0n) is 11.7. The van der Waals surface area contributed by atoms with Crippen LogP contribution in [0, 0.1) is 5.92 Å². The van der Waals surface area contributed by atoms with Crippen LogP contribution in [0.15, 0.2) is 0 Å². The number of carbonyl (C=O) groups excluding carboxylic acids is 2. The molecule has 0 saturated carbocycles. The van der Waals surface area contributed by atoms with E-state index < -0.39 is 0 Å². The van der Waals surface area contributed by atoms with Crippen molar-refractivity contribution in [3.05, 3.63) is 0 Å². The molecule has 1 fully saturated rings. The molecule has 5 heteroatoms. The molecule has 2 unspecified atom stereocenters. The summed E-state index contributed by atoms with van der Waals surface area (Å²) in [5.41, 5.74) is 0. The number of hydrogen-bond donors (Lipinski definition) is 1. The van der Waals surface area contributed by atoms with Gasteiger partial charge in [0.1, 0.15) is 12.1 Å². The fourth-order valence-corrected chi connectivity index (χ4v) is 2.32. The molecule has 0 aromatic carbocycles. The minimum Gasteiger partial charge on any atom is -0.383 e. The summed E-state index contributed by atoms with van der Waals surface area (Å²) in [4.78, 5) is 26.0. The van der Waals surface area contributed by atoms with Crippen molar-refractivity contribution in [1.82, 2.24) is 10.2 Å². The Morgan fingerprint density at radius 2 is 2.06 bits per heavy atom. The average Bonchev–Trinajstić information content (AvgIpc) is 2.30. The molecule has 2 amide bonds. The Bertz CT molecular complexity index is 305. The van der Waals surface area contributed by atoms with Crippen molar-refractivity contribution in [2.24, 2.45) is 5.92 Å². The van der Waals surface area contributed by atoms with Gasteiger partial charge in [-0.3, -0.25) is 9.59 Å². The number of ether oxygens (including phenoxy) is 1. The number of rotatable bonds is 6. The van der Waals surface area contributed by atoms with Crippen LogP contribution in [0.4, 0.5) is 0 Å². The summed E-state index contributed by atoms with van der Waals surface area (Å²) in [7, 11) is 1.60. The van der Waals surface area contributed by atoms with Gasteiger partial charge in [0.2, 0.25) is 11.8 Å². The molecule has 2 atom stereocenters. The molecule has 1 N–H and O–H groups in total. The molecule has 18 heavy (non-hydrogen) atoms. The van der Waals surface area contributed by atoms with Gasteiger partial charge in [-0.25, -0.2) is 0 Å². The van der Waals surface area contributed by atoms with E-state index in [2.05, 4.69) is 5.32 Å². The summed E-state index contributed by atoms with van der Waals surface area (Å²) in [6.07, 6.45) is 1.32. The van der Waals surface area contributed by atoms with E-state index in [1.165, 1.54) is 0 Å². The molecule has 1 aliphatic heterocycles. The molecule has 0 aliphatic carbocycles. The van der Waals surface area contributed by atoms with Crippen LogP contribution in [0.2, 0.25) is 0 Å². The largest absolute Gasteiger partial charge is 0.383 e. The monoisotopic (exact) mass is 256 g/mol. The third kappa shape index (κ3) is 3.45. The molecule has 104 valence electrons. The standard InChI is InChI=1S/C13H24N2O3/c1-5-11-12(16)14-10(8-9(2)3)13(17)15(11)6-7-18-4/h9-11H,5-8H2,1-4H3,(H,14,16). The predicted octanol–water partition coefficient (Wildman–Crippen LogP) is 0.785. The Hall–Kier alpha value is -1.10. The highest BCUT2D eigenvalue weighted by Gasteiger charge is 2.39. The summed E-state index contributed by atoms with van der Waals surface area (Å²) in [6, 6.07) is -0.729. The second-order valence-electron chi connectivity index (χ2n) is 5.14. The first kappa shape index (κ1) is 15.0. The van der Waals surface area contributed by atoms with Crippen molar-refractivity contribution in [2.75, 3.05) is 20.3 Å². The van der Waals surface area contributed by atoms with Gasteiger partial charge >= 0.3 is 0 Å². The lowest BCUT2D eigenvalue weighted by Crippen LogP contribution is -2.63. The smallest absolute Gasteiger partial charge is 0.245 e. The van der Waals surface area contributed by atoms with Crippen LogP contribution in [0.3, 0.4) is 0 Å². The minimum atomic E-state index is -0.378. The van der Waals surface area contributed by atoms with E-state index >= 15 is 0 Å². The average molecular weight is 256 g/mol. The van der Waals surface area contributed by atoms with Gasteiger partial charge in [0.15, 0.2) is 0 Å². The van der Waals surface area contributed by atoms with Crippen molar-refractivity contribution < 1.29 is 14.3 Å². The van der Waals surface area contributed by atoms with E-state index in [0.29, 0.717) is 31.9 Å². The molecule has 0 aromatic heterocycles. The third-order valence-corrected chi connectivity index (χ3v) is 3.21. The van der Waals surface area contributed by atoms with Crippen molar-refractivity contribution in [3.63, 3.8) is 0 Å². The van der Waals surface area contributed by atoms with Gasteiger partial charge in [-0.2, -0.15) is 0 Å². The fraction of sp³-hybridized carbons (Fsp3) is 0.846. The van der Waals surface area contributed by atoms with Crippen LogP contribution in [0.25, 0.3) is 0 Å². The van der Waals surface area contributed by atoms with Gasteiger partial charge in [-0.05, 0) is 18.8 Å². The zero-order valence-corrected chi connectivity index (χ0v) is 11.7. The highest BCUT2D eigenvalue weighted by atomic mass is 16.5. The maximum Gasteiger partial charge on any atom is 0.245 e. The Labute approximate surface area is 109 Å². The maximum absolute atomic E-state index is 12.3. The fourth-order valence-electron chi connectivity index (χ4n) is 2.32. The van der Waals surface area contributed by atoms with E-state index in [-0.39, 0.29) is 23.9 Å².